The Morgan fingerprint density at radius 2 is 2.09 bits per heavy atom. The molecule has 0 saturated heterocycles. The van der Waals surface area contributed by atoms with Crippen LogP contribution in [0.2, 0.25) is 0 Å². The number of ketones is 1. The van der Waals surface area contributed by atoms with E-state index in [1.54, 1.807) is 6.92 Å². The van der Waals surface area contributed by atoms with E-state index >= 15 is 0 Å². The van der Waals surface area contributed by atoms with Crippen molar-refractivity contribution in [1.82, 2.24) is 0 Å². The topological polar surface area (TPSA) is 29.1 Å². The van der Waals surface area contributed by atoms with Gasteiger partial charge in [0.25, 0.3) is 0 Å². The van der Waals surface area contributed by atoms with Crippen molar-refractivity contribution >= 4 is 27.4 Å². The monoisotopic (exact) mass is 367 g/mol. The van der Waals surface area contributed by atoms with Crippen LogP contribution in [0.5, 0.6) is 0 Å². The highest BCUT2D eigenvalue weighted by Gasteiger charge is 2.38. The molecule has 4 rings (SSSR count). The molecule has 23 heavy (non-hydrogen) atoms. The molecule has 0 bridgehead atoms. The van der Waals surface area contributed by atoms with Crippen LogP contribution >= 0.6 is 15.9 Å². The molecule has 0 spiro atoms. The zero-order chi connectivity index (χ0) is 16.0. The predicted octanol–water partition coefficient (Wildman–Crippen LogP) is 5.48. The molecule has 1 aliphatic heterocycles. The first kappa shape index (κ1) is 14.7. The third kappa shape index (κ3) is 2.53. The van der Waals surface area contributed by atoms with E-state index in [2.05, 4.69) is 69.8 Å². The van der Waals surface area contributed by atoms with Crippen molar-refractivity contribution in [3.05, 3.63) is 75.8 Å². The lowest BCUT2D eigenvalue weighted by atomic mass is 9.76. The van der Waals surface area contributed by atoms with Gasteiger partial charge in [-0.15, -0.1) is 0 Å². The maximum Gasteiger partial charge on any atom is 0.159 e. The molecule has 0 amide bonds. The second-order valence-corrected chi connectivity index (χ2v) is 7.30. The molecule has 2 aliphatic rings. The molecule has 0 fully saturated rings. The summed E-state index contributed by atoms with van der Waals surface area (Å²) in [7, 11) is 0. The Bertz CT molecular complexity index is 811. The van der Waals surface area contributed by atoms with Gasteiger partial charge in [-0.25, -0.2) is 0 Å². The molecule has 1 heterocycles. The van der Waals surface area contributed by atoms with Gasteiger partial charge < -0.3 is 5.32 Å². The van der Waals surface area contributed by atoms with E-state index < -0.39 is 0 Å². The molecule has 2 aromatic carbocycles. The fraction of sp³-hybridized carbons (Fsp3) is 0.250. The number of anilines is 1. The van der Waals surface area contributed by atoms with Gasteiger partial charge in [0.1, 0.15) is 0 Å². The lowest BCUT2D eigenvalue weighted by molar-refractivity contribution is 0.101. The Labute approximate surface area is 144 Å². The highest BCUT2D eigenvalue weighted by atomic mass is 79.9. The highest BCUT2D eigenvalue weighted by Crippen LogP contribution is 2.50. The van der Waals surface area contributed by atoms with E-state index in [0.29, 0.717) is 17.9 Å². The first-order valence-electron chi connectivity index (χ1n) is 7.97. The van der Waals surface area contributed by atoms with Gasteiger partial charge in [0.15, 0.2) is 5.78 Å². The van der Waals surface area contributed by atoms with Crippen LogP contribution in [-0.4, -0.2) is 5.78 Å². The van der Waals surface area contributed by atoms with Gasteiger partial charge in [-0.3, -0.25) is 4.79 Å². The summed E-state index contributed by atoms with van der Waals surface area (Å²) in [6.07, 6.45) is 5.65. The number of halogens is 1. The summed E-state index contributed by atoms with van der Waals surface area (Å²) in [6, 6.07) is 14.9. The molecule has 0 radical (unpaired) electrons. The molecule has 0 aromatic heterocycles. The molecular formula is C20H18BrNO. The fourth-order valence-corrected chi connectivity index (χ4v) is 4.26. The third-order valence-corrected chi connectivity index (χ3v) is 5.47. The summed E-state index contributed by atoms with van der Waals surface area (Å²) >= 11 is 3.58. The first-order valence-corrected chi connectivity index (χ1v) is 8.76. The number of benzene rings is 2. The van der Waals surface area contributed by atoms with Crippen LogP contribution in [0.15, 0.2) is 59.1 Å². The van der Waals surface area contributed by atoms with Crippen LogP contribution in [0.4, 0.5) is 5.69 Å². The largest absolute Gasteiger partial charge is 0.378 e. The molecule has 3 heteroatoms. The van der Waals surface area contributed by atoms with Gasteiger partial charge >= 0.3 is 0 Å². The summed E-state index contributed by atoms with van der Waals surface area (Å²) in [6.45, 7) is 1.63. The number of carbonyl (C=O) groups excluding carboxylic acids is 1. The van der Waals surface area contributed by atoms with Crippen molar-refractivity contribution in [3.8, 4) is 0 Å². The molecule has 0 saturated carbocycles. The maximum absolute atomic E-state index is 11.7. The van der Waals surface area contributed by atoms with Gasteiger partial charge in [0.05, 0.1) is 6.04 Å². The van der Waals surface area contributed by atoms with Crippen molar-refractivity contribution in [2.24, 2.45) is 5.92 Å². The van der Waals surface area contributed by atoms with Gasteiger partial charge in [0, 0.05) is 21.6 Å². The number of rotatable bonds is 2. The van der Waals surface area contributed by atoms with Gasteiger partial charge in [0.2, 0.25) is 0 Å². The zero-order valence-corrected chi connectivity index (χ0v) is 14.5. The van der Waals surface area contributed by atoms with E-state index in [1.807, 2.05) is 6.07 Å². The molecule has 0 unspecified atom stereocenters. The number of allylic oxidation sites excluding steroid dienone is 2. The predicted molar refractivity (Wildman–Crippen MR) is 96.9 cm³/mol. The minimum Gasteiger partial charge on any atom is -0.378 e. The third-order valence-electron chi connectivity index (χ3n) is 4.98. The number of hydrogen-bond acceptors (Lipinski definition) is 2. The van der Waals surface area contributed by atoms with E-state index in [4.69, 9.17) is 0 Å². The van der Waals surface area contributed by atoms with E-state index in [1.165, 1.54) is 11.1 Å². The quantitative estimate of drug-likeness (QED) is 0.562. The molecule has 3 atom stereocenters. The van der Waals surface area contributed by atoms with E-state index in [0.717, 1.165) is 22.1 Å². The zero-order valence-electron chi connectivity index (χ0n) is 12.9. The number of fused-ring (bicyclic) bond motifs is 3. The standard InChI is InChI=1S/C20H18BrNO/c1-12(23)13-8-9-19-18(11-13)16-6-3-7-17(16)20(22-19)14-4-2-5-15(21)10-14/h2-6,8-11,16-17,20,22H,7H2,1H3/t16-,17-,20-/m0/s1. The van der Waals surface area contributed by atoms with E-state index in [9.17, 15) is 4.79 Å². The average Bonchev–Trinajstić information content (AvgIpc) is 3.03. The Balaban J connectivity index is 1.79. The van der Waals surface area contributed by atoms with Crippen LogP contribution in [0.1, 0.15) is 46.8 Å². The van der Waals surface area contributed by atoms with Crippen LogP contribution in [0.25, 0.3) is 0 Å². The first-order chi connectivity index (χ1) is 11.1. The van der Waals surface area contributed by atoms with Crippen molar-refractivity contribution in [2.45, 2.75) is 25.3 Å². The molecular weight excluding hydrogens is 350 g/mol. The maximum atomic E-state index is 11.7. The van der Waals surface area contributed by atoms with Crippen LogP contribution < -0.4 is 5.32 Å². The molecule has 116 valence electrons. The molecule has 2 aromatic rings. The molecule has 2 nitrogen and oxygen atoms in total. The normalized spacial score (nSPS) is 24.7. The lowest BCUT2D eigenvalue weighted by Crippen LogP contribution is -2.29. The van der Waals surface area contributed by atoms with Crippen molar-refractivity contribution in [1.29, 1.82) is 0 Å². The van der Waals surface area contributed by atoms with Crippen molar-refractivity contribution in [3.63, 3.8) is 0 Å². The van der Waals surface area contributed by atoms with Crippen LogP contribution in [-0.2, 0) is 0 Å². The number of Topliss-reactive ketones (excluding diaryl/α,β-unsaturated/α-hetero) is 1. The minimum absolute atomic E-state index is 0.125. The second kappa shape index (κ2) is 5.64. The van der Waals surface area contributed by atoms with E-state index in [-0.39, 0.29) is 5.78 Å². The smallest absolute Gasteiger partial charge is 0.159 e. The average molecular weight is 368 g/mol. The fourth-order valence-electron chi connectivity index (χ4n) is 3.84. The Hall–Kier alpha value is -1.87. The minimum atomic E-state index is 0.125. The summed E-state index contributed by atoms with van der Waals surface area (Å²) in [5, 5.41) is 3.71. The van der Waals surface area contributed by atoms with Gasteiger partial charge in [-0.2, -0.15) is 0 Å². The Morgan fingerprint density at radius 3 is 2.87 bits per heavy atom. The Morgan fingerprint density at radius 1 is 1.22 bits per heavy atom. The highest BCUT2D eigenvalue weighted by molar-refractivity contribution is 9.10. The number of hydrogen-bond donors (Lipinski definition) is 1. The number of nitrogens with one attached hydrogen (secondary N) is 1. The summed E-state index contributed by atoms with van der Waals surface area (Å²) in [5.74, 6) is 1.01. The summed E-state index contributed by atoms with van der Waals surface area (Å²) in [5.41, 5.74) is 4.50. The second-order valence-electron chi connectivity index (χ2n) is 6.39. The van der Waals surface area contributed by atoms with Crippen molar-refractivity contribution < 1.29 is 4.79 Å². The number of carbonyl (C=O) groups is 1. The van der Waals surface area contributed by atoms with Gasteiger partial charge in [-0.1, -0.05) is 40.2 Å². The summed E-state index contributed by atoms with van der Waals surface area (Å²) < 4.78 is 1.11. The van der Waals surface area contributed by atoms with Crippen molar-refractivity contribution in [2.75, 3.05) is 5.32 Å². The Kier molecular flexibility index (Phi) is 3.61. The lowest BCUT2D eigenvalue weighted by Gasteiger charge is -2.37. The summed E-state index contributed by atoms with van der Waals surface area (Å²) in [4.78, 5) is 11.7. The van der Waals surface area contributed by atoms with Gasteiger partial charge in [-0.05, 0) is 60.7 Å². The molecule has 1 N–H and O–H groups in total. The van der Waals surface area contributed by atoms with Crippen LogP contribution in [0.3, 0.4) is 0 Å². The van der Waals surface area contributed by atoms with Crippen LogP contribution in [0, 0.1) is 5.92 Å². The molecule has 1 aliphatic carbocycles. The SMILES string of the molecule is CC(=O)c1ccc2c(c1)[C@H]1C=CC[C@@H]1[C@H](c1cccc(Br)c1)N2.